The molecule has 208 valence electrons. The molecule has 0 bridgehead atoms. The first-order valence-electron chi connectivity index (χ1n) is 12.5. The van der Waals surface area contributed by atoms with Gasteiger partial charge in [-0.3, -0.25) is 14.4 Å². The molecular weight excluding hydrogens is 482 g/mol. The summed E-state index contributed by atoms with van der Waals surface area (Å²) >= 11 is 0. The Labute approximate surface area is 219 Å². The van der Waals surface area contributed by atoms with E-state index in [9.17, 15) is 24.3 Å². The van der Waals surface area contributed by atoms with Crippen molar-refractivity contribution in [1.29, 1.82) is 0 Å². The van der Waals surface area contributed by atoms with E-state index in [1.807, 2.05) is 27.7 Å². The van der Waals surface area contributed by atoms with Crippen molar-refractivity contribution in [1.82, 2.24) is 5.32 Å². The van der Waals surface area contributed by atoms with Crippen molar-refractivity contribution in [2.45, 2.75) is 92.4 Å². The summed E-state index contributed by atoms with van der Waals surface area (Å²) in [6.07, 6.45) is -1.10. The van der Waals surface area contributed by atoms with Crippen molar-refractivity contribution in [2.75, 3.05) is 6.54 Å². The van der Waals surface area contributed by atoms with E-state index in [2.05, 4.69) is 5.32 Å². The van der Waals surface area contributed by atoms with Crippen LogP contribution in [0.2, 0.25) is 0 Å². The maximum Gasteiger partial charge on any atom is 0.509 e. The number of carbonyl (C=O) groups excluding carboxylic acids is 3. The molecule has 10 nitrogen and oxygen atoms in total. The monoisotopic (exact) mass is 523 g/mol. The number of hydrogen-bond donors (Lipinski definition) is 2. The molecule has 2 atom stereocenters. The van der Waals surface area contributed by atoms with E-state index in [1.54, 1.807) is 33.8 Å². The van der Waals surface area contributed by atoms with Crippen LogP contribution in [0.5, 0.6) is 11.5 Å². The lowest BCUT2D eigenvalue weighted by Gasteiger charge is -2.22. The molecule has 0 fully saturated rings. The Balaban J connectivity index is 2.98. The van der Waals surface area contributed by atoms with Gasteiger partial charge in [-0.1, -0.05) is 33.8 Å². The molecule has 1 aromatic rings. The zero-order valence-corrected chi connectivity index (χ0v) is 23.1. The van der Waals surface area contributed by atoms with Crippen LogP contribution >= 0.6 is 0 Å². The molecule has 0 amide bonds. The van der Waals surface area contributed by atoms with Crippen LogP contribution in [0.15, 0.2) is 18.2 Å². The molecule has 0 saturated heterocycles. The molecule has 0 saturated carbocycles. The lowest BCUT2D eigenvalue weighted by molar-refractivity contribution is -0.139. The molecule has 0 aliphatic rings. The van der Waals surface area contributed by atoms with Crippen LogP contribution in [0.3, 0.4) is 0 Å². The summed E-state index contributed by atoms with van der Waals surface area (Å²) in [5.41, 5.74) is -0.170. The number of nitrogens with one attached hydrogen (secondary N) is 1. The third-order valence-corrected chi connectivity index (χ3v) is 4.68. The standard InChI is InChI=1S/C27H41NO9/c1-16(2)11-23(29)35-21-10-9-19(14-22(21)36-24(30)12-17(3)4)13-20(25(31)32)28-15-18(5)34-26(33)37-27(6,7)8/h9-10,14,16-18,20,28H,11-13,15H2,1-8H3,(H,31,32)/t18?,20-/m0/s1. The number of carbonyl (C=O) groups is 4. The van der Waals surface area contributed by atoms with Crippen molar-refractivity contribution >= 4 is 24.1 Å². The van der Waals surface area contributed by atoms with Crippen LogP contribution in [0.25, 0.3) is 0 Å². The van der Waals surface area contributed by atoms with Gasteiger partial charge in [0.15, 0.2) is 11.5 Å². The summed E-state index contributed by atoms with van der Waals surface area (Å²) < 4.78 is 21.1. The molecule has 0 heterocycles. The summed E-state index contributed by atoms with van der Waals surface area (Å²) in [5, 5.41) is 12.6. The van der Waals surface area contributed by atoms with Crippen LogP contribution in [-0.2, 0) is 30.3 Å². The molecule has 1 unspecified atom stereocenters. The number of ether oxygens (including phenoxy) is 4. The highest BCUT2D eigenvalue weighted by Gasteiger charge is 2.23. The van der Waals surface area contributed by atoms with Gasteiger partial charge < -0.3 is 29.4 Å². The fourth-order valence-electron chi connectivity index (χ4n) is 3.11. The number of carboxylic acid groups (broad SMARTS) is 1. The normalized spacial score (nSPS) is 13.1. The van der Waals surface area contributed by atoms with Crippen molar-refractivity contribution < 1.29 is 43.2 Å². The summed E-state index contributed by atoms with van der Waals surface area (Å²) in [7, 11) is 0. The first-order valence-corrected chi connectivity index (χ1v) is 12.5. The average Bonchev–Trinajstić information content (AvgIpc) is 2.69. The Morgan fingerprint density at radius 1 is 0.892 bits per heavy atom. The number of carboxylic acids is 1. The molecule has 0 spiro atoms. The Hall–Kier alpha value is -3.14. The van der Waals surface area contributed by atoms with Gasteiger partial charge in [0.1, 0.15) is 17.7 Å². The zero-order valence-electron chi connectivity index (χ0n) is 23.1. The minimum Gasteiger partial charge on any atom is -0.480 e. The first-order chi connectivity index (χ1) is 17.1. The lowest BCUT2D eigenvalue weighted by atomic mass is 10.0. The van der Waals surface area contributed by atoms with Crippen LogP contribution in [0.4, 0.5) is 4.79 Å². The fourth-order valence-corrected chi connectivity index (χ4v) is 3.11. The number of aliphatic carboxylic acids is 1. The van der Waals surface area contributed by atoms with Gasteiger partial charge in [0.05, 0.1) is 0 Å². The fraction of sp³-hybridized carbons (Fsp3) is 0.630. The Morgan fingerprint density at radius 2 is 1.43 bits per heavy atom. The summed E-state index contributed by atoms with van der Waals surface area (Å²) in [4.78, 5) is 48.2. The highest BCUT2D eigenvalue weighted by Crippen LogP contribution is 2.30. The maximum atomic E-state index is 12.3. The van der Waals surface area contributed by atoms with Gasteiger partial charge in [0.25, 0.3) is 0 Å². The topological polar surface area (TPSA) is 137 Å². The van der Waals surface area contributed by atoms with Gasteiger partial charge in [-0.15, -0.1) is 0 Å². The number of hydrogen-bond acceptors (Lipinski definition) is 9. The molecule has 1 aromatic carbocycles. The predicted octanol–water partition coefficient (Wildman–Crippen LogP) is 4.52. The maximum absolute atomic E-state index is 12.3. The minimum absolute atomic E-state index is 0.0312. The average molecular weight is 524 g/mol. The van der Waals surface area contributed by atoms with Gasteiger partial charge in [-0.05, 0) is 63.6 Å². The van der Waals surface area contributed by atoms with E-state index in [4.69, 9.17) is 18.9 Å². The Kier molecular flexibility index (Phi) is 12.6. The third kappa shape index (κ3) is 13.7. The van der Waals surface area contributed by atoms with E-state index >= 15 is 0 Å². The number of benzene rings is 1. The third-order valence-electron chi connectivity index (χ3n) is 4.68. The van der Waals surface area contributed by atoms with Crippen molar-refractivity contribution in [2.24, 2.45) is 11.8 Å². The van der Waals surface area contributed by atoms with Crippen LogP contribution in [0.1, 0.15) is 73.8 Å². The van der Waals surface area contributed by atoms with Crippen LogP contribution in [-0.4, -0.2) is 53.5 Å². The van der Waals surface area contributed by atoms with Crippen molar-refractivity contribution in [3.63, 3.8) is 0 Å². The molecule has 37 heavy (non-hydrogen) atoms. The summed E-state index contributed by atoms with van der Waals surface area (Å²) in [5.74, 6) is -1.79. The summed E-state index contributed by atoms with van der Waals surface area (Å²) in [6.45, 7) is 14.3. The SMILES string of the molecule is CC(C)CC(=O)Oc1ccc(C[C@H](NCC(C)OC(=O)OC(C)(C)C)C(=O)O)cc1OC(=O)CC(C)C. The molecule has 0 radical (unpaired) electrons. The number of rotatable bonds is 13. The van der Waals surface area contributed by atoms with E-state index in [1.165, 1.54) is 12.1 Å². The summed E-state index contributed by atoms with van der Waals surface area (Å²) in [6, 6.07) is 3.56. The second kappa shape index (κ2) is 14.6. The largest absolute Gasteiger partial charge is 0.509 e. The molecule has 1 rings (SSSR count). The van der Waals surface area contributed by atoms with E-state index in [-0.39, 0.29) is 49.1 Å². The Bertz CT molecular complexity index is 934. The van der Waals surface area contributed by atoms with E-state index < -0.39 is 41.8 Å². The van der Waals surface area contributed by atoms with Gasteiger partial charge in [0, 0.05) is 19.4 Å². The highest BCUT2D eigenvalue weighted by atomic mass is 16.7. The van der Waals surface area contributed by atoms with Gasteiger partial charge in [-0.25, -0.2) is 4.79 Å². The first kappa shape index (κ1) is 31.9. The predicted molar refractivity (Wildman–Crippen MR) is 137 cm³/mol. The van der Waals surface area contributed by atoms with Crippen LogP contribution in [0, 0.1) is 11.8 Å². The smallest absolute Gasteiger partial charge is 0.480 e. The Morgan fingerprint density at radius 3 is 1.92 bits per heavy atom. The highest BCUT2D eigenvalue weighted by molar-refractivity contribution is 5.77. The lowest BCUT2D eigenvalue weighted by Crippen LogP contribution is -2.43. The van der Waals surface area contributed by atoms with Crippen LogP contribution < -0.4 is 14.8 Å². The molecule has 10 heteroatoms. The van der Waals surface area contributed by atoms with E-state index in [0.717, 1.165) is 0 Å². The second-order valence-corrected chi connectivity index (χ2v) is 10.8. The minimum atomic E-state index is -1.12. The van der Waals surface area contributed by atoms with Gasteiger partial charge in [-0.2, -0.15) is 0 Å². The van der Waals surface area contributed by atoms with Gasteiger partial charge >= 0.3 is 24.1 Å². The second-order valence-electron chi connectivity index (χ2n) is 10.8. The van der Waals surface area contributed by atoms with Gasteiger partial charge in [0.2, 0.25) is 0 Å². The van der Waals surface area contributed by atoms with E-state index in [0.29, 0.717) is 5.56 Å². The number of esters is 2. The van der Waals surface area contributed by atoms with Crippen molar-refractivity contribution in [3.8, 4) is 11.5 Å². The molecule has 0 aromatic heterocycles. The molecule has 0 aliphatic carbocycles. The molecule has 2 N–H and O–H groups in total. The zero-order chi connectivity index (χ0) is 28.3. The molecule has 0 aliphatic heterocycles. The quantitative estimate of drug-likeness (QED) is 0.280. The molecular formula is C27H41NO9. The van der Waals surface area contributed by atoms with Crippen molar-refractivity contribution in [3.05, 3.63) is 23.8 Å².